The van der Waals surface area contributed by atoms with Crippen molar-refractivity contribution in [3.05, 3.63) is 0 Å². The molecule has 0 radical (unpaired) electrons. The number of ether oxygens (including phenoxy) is 2. The second-order valence-corrected chi connectivity index (χ2v) is 5.08. The van der Waals surface area contributed by atoms with Crippen LogP contribution in [0.3, 0.4) is 0 Å². The van der Waals surface area contributed by atoms with Gasteiger partial charge in [-0.05, 0) is 33.1 Å². The molecule has 0 rings (SSSR count). The van der Waals surface area contributed by atoms with Crippen LogP contribution >= 0.6 is 0 Å². The molecule has 0 N–H and O–H groups in total. The van der Waals surface area contributed by atoms with Crippen molar-refractivity contribution in [2.24, 2.45) is 0 Å². The fraction of sp³-hybridized carbons (Fsp3) is 1.00. The lowest BCUT2D eigenvalue weighted by Gasteiger charge is -2.23. The maximum atomic E-state index is 6.03. The highest BCUT2D eigenvalue weighted by Gasteiger charge is 2.14. The van der Waals surface area contributed by atoms with Crippen molar-refractivity contribution in [2.45, 2.75) is 91.5 Å². The molecule has 0 bridgehead atoms. The molecule has 0 spiro atoms. The van der Waals surface area contributed by atoms with E-state index < -0.39 is 0 Å². The van der Waals surface area contributed by atoms with Crippen molar-refractivity contribution in [1.29, 1.82) is 0 Å². The molecule has 0 aromatic carbocycles. The summed E-state index contributed by atoms with van der Waals surface area (Å²) in [7, 11) is 0. The molecule has 0 aromatic heterocycles. The van der Waals surface area contributed by atoms with Gasteiger partial charge in [-0.2, -0.15) is 0 Å². The Labute approximate surface area is 108 Å². The second-order valence-electron chi connectivity index (χ2n) is 5.08. The number of hydrogen-bond donors (Lipinski definition) is 0. The van der Waals surface area contributed by atoms with E-state index in [1.807, 2.05) is 0 Å². The zero-order chi connectivity index (χ0) is 13.1. The number of hydrogen-bond acceptors (Lipinski definition) is 2. The van der Waals surface area contributed by atoms with Gasteiger partial charge >= 0.3 is 0 Å². The van der Waals surface area contributed by atoms with Gasteiger partial charge in [0.05, 0.1) is 24.9 Å². The van der Waals surface area contributed by atoms with E-state index >= 15 is 0 Å². The Kier molecular flexibility index (Phi) is 11.0. The molecule has 104 valence electrons. The first-order valence-electron chi connectivity index (χ1n) is 7.40. The molecule has 3 atom stereocenters. The van der Waals surface area contributed by atoms with Crippen molar-refractivity contribution in [2.75, 3.05) is 6.61 Å². The Morgan fingerprint density at radius 3 is 1.82 bits per heavy atom. The fourth-order valence-electron chi connectivity index (χ4n) is 2.08. The Bertz CT molecular complexity index is 159. The van der Waals surface area contributed by atoms with Gasteiger partial charge in [0.1, 0.15) is 0 Å². The van der Waals surface area contributed by atoms with Gasteiger partial charge in [0.15, 0.2) is 0 Å². The van der Waals surface area contributed by atoms with Crippen LogP contribution < -0.4 is 0 Å². The molecule has 3 unspecified atom stereocenters. The van der Waals surface area contributed by atoms with Crippen LogP contribution in [0.5, 0.6) is 0 Å². The quantitative estimate of drug-likeness (QED) is 0.530. The summed E-state index contributed by atoms with van der Waals surface area (Å²) >= 11 is 0. The molecule has 17 heavy (non-hydrogen) atoms. The van der Waals surface area contributed by atoms with Crippen LogP contribution in [0.4, 0.5) is 0 Å². The van der Waals surface area contributed by atoms with E-state index in [9.17, 15) is 0 Å². The summed E-state index contributed by atoms with van der Waals surface area (Å²) < 4.78 is 11.9. The van der Waals surface area contributed by atoms with Crippen LogP contribution in [0.1, 0.15) is 73.1 Å². The Morgan fingerprint density at radius 2 is 1.29 bits per heavy atom. The topological polar surface area (TPSA) is 18.5 Å². The van der Waals surface area contributed by atoms with E-state index in [0.717, 1.165) is 32.3 Å². The fourth-order valence-corrected chi connectivity index (χ4v) is 2.08. The van der Waals surface area contributed by atoms with E-state index in [0.29, 0.717) is 12.2 Å². The lowest BCUT2D eigenvalue weighted by molar-refractivity contribution is -0.0732. The third kappa shape index (κ3) is 9.61. The smallest absolute Gasteiger partial charge is 0.0812 e. The minimum atomic E-state index is 0.279. The standard InChI is InChI=1S/C15H32O2/c1-6-9-13(4)16-12-15(11-8-3)17-14(5)10-7-2/h13-15H,6-12H2,1-5H3. The van der Waals surface area contributed by atoms with Gasteiger partial charge in [0.2, 0.25) is 0 Å². The molecule has 0 amide bonds. The maximum absolute atomic E-state index is 6.03. The molecular formula is C15H32O2. The zero-order valence-corrected chi connectivity index (χ0v) is 12.5. The molecule has 2 nitrogen and oxygen atoms in total. The van der Waals surface area contributed by atoms with Crippen molar-refractivity contribution in [3.63, 3.8) is 0 Å². The highest BCUT2D eigenvalue weighted by molar-refractivity contribution is 4.61. The summed E-state index contributed by atoms with van der Waals surface area (Å²) in [5.74, 6) is 0. The summed E-state index contributed by atoms with van der Waals surface area (Å²) in [6.45, 7) is 11.7. The first-order valence-corrected chi connectivity index (χ1v) is 7.40. The minimum Gasteiger partial charge on any atom is -0.376 e. The third-order valence-corrected chi connectivity index (χ3v) is 2.99. The lowest BCUT2D eigenvalue weighted by Crippen LogP contribution is -2.26. The monoisotopic (exact) mass is 244 g/mol. The molecular weight excluding hydrogens is 212 g/mol. The normalized spacial score (nSPS) is 16.8. The Morgan fingerprint density at radius 1 is 0.765 bits per heavy atom. The predicted octanol–water partition coefficient (Wildman–Crippen LogP) is 4.57. The van der Waals surface area contributed by atoms with Gasteiger partial charge in [0, 0.05) is 0 Å². The summed E-state index contributed by atoms with van der Waals surface area (Å²) in [4.78, 5) is 0. The van der Waals surface area contributed by atoms with Gasteiger partial charge in [-0.1, -0.05) is 40.0 Å². The maximum Gasteiger partial charge on any atom is 0.0812 e. The van der Waals surface area contributed by atoms with Crippen molar-refractivity contribution in [1.82, 2.24) is 0 Å². The second kappa shape index (κ2) is 11.0. The van der Waals surface area contributed by atoms with E-state index in [-0.39, 0.29) is 6.10 Å². The van der Waals surface area contributed by atoms with Gasteiger partial charge in [-0.15, -0.1) is 0 Å². The molecule has 0 aromatic rings. The van der Waals surface area contributed by atoms with Crippen LogP contribution in [0, 0.1) is 0 Å². The molecule has 0 aliphatic heterocycles. The number of rotatable bonds is 11. The van der Waals surface area contributed by atoms with Crippen LogP contribution in [0.2, 0.25) is 0 Å². The highest BCUT2D eigenvalue weighted by atomic mass is 16.5. The molecule has 0 saturated carbocycles. The molecule has 0 aliphatic rings. The molecule has 2 heteroatoms. The van der Waals surface area contributed by atoms with E-state index in [1.165, 1.54) is 12.8 Å². The van der Waals surface area contributed by atoms with E-state index in [4.69, 9.17) is 9.47 Å². The van der Waals surface area contributed by atoms with Crippen LogP contribution in [0.15, 0.2) is 0 Å². The van der Waals surface area contributed by atoms with Crippen LogP contribution in [-0.2, 0) is 9.47 Å². The summed E-state index contributed by atoms with van der Waals surface area (Å²) in [6.07, 6.45) is 7.93. The van der Waals surface area contributed by atoms with Gasteiger partial charge in [0.25, 0.3) is 0 Å². The molecule has 0 fully saturated rings. The largest absolute Gasteiger partial charge is 0.376 e. The van der Waals surface area contributed by atoms with Gasteiger partial charge in [-0.3, -0.25) is 0 Å². The minimum absolute atomic E-state index is 0.279. The third-order valence-electron chi connectivity index (χ3n) is 2.99. The van der Waals surface area contributed by atoms with Crippen molar-refractivity contribution < 1.29 is 9.47 Å². The highest BCUT2D eigenvalue weighted by Crippen LogP contribution is 2.12. The van der Waals surface area contributed by atoms with Gasteiger partial charge < -0.3 is 9.47 Å². The summed E-state index contributed by atoms with van der Waals surface area (Å²) in [5, 5.41) is 0. The molecule has 0 heterocycles. The Balaban J connectivity index is 3.88. The summed E-state index contributed by atoms with van der Waals surface area (Å²) in [5.41, 5.74) is 0. The summed E-state index contributed by atoms with van der Waals surface area (Å²) in [6, 6.07) is 0. The first-order chi connectivity index (χ1) is 8.13. The van der Waals surface area contributed by atoms with Gasteiger partial charge in [-0.25, -0.2) is 0 Å². The van der Waals surface area contributed by atoms with Crippen molar-refractivity contribution >= 4 is 0 Å². The average molecular weight is 244 g/mol. The van der Waals surface area contributed by atoms with Crippen molar-refractivity contribution in [3.8, 4) is 0 Å². The lowest BCUT2D eigenvalue weighted by atomic mass is 10.2. The first kappa shape index (κ1) is 16.9. The van der Waals surface area contributed by atoms with Crippen LogP contribution in [0.25, 0.3) is 0 Å². The Hall–Kier alpha value is -0.0800. The predicted molar refractivity (Wildman–Crippen MR) is 74.5 cm³/mol. The molecule has 0 saturated heterocycles. The molecule has 0 aliphatic carbocycles. The zero-order valence-electron chi connectivity index (χ0n) is 12.5. The van der Waals surface area contributed by atoms with E-state index in [2.05, 4.69) is 34.6 Å². The SMILES string of the molecule is CCCC(C)OCC(CCC)OC(C)CCC. The average Bonchev–Trinajstić information content (AvgIpc) is 2.27. The van der Waals surface area contributed by atoms with E-state index in [1.54, 1.807) is 0 Å². The van der Waals surface area contributed by atoms with Crippen LogP contribution in [-0.4, -0.2) is 24.9 Å².